The van der Waals surface area contributed by atoms with Gasteiger partial charge >= 0.3 is 5.97 Å². The van der Waals surface area contributed by atoms with E-state index in [1.54, 1.807) is 7.11 Å². The van der Waals surface area contributed by atoms with Crippen LogP contribution in [-0.4, -0.2) is 13.1 Å². The third kappa shape index (κ3) is 2.89. The number of rotatable bonds is 2. The standard InChI is InChI=1S/C16H28O2/c1-18-15(17)16(12-8-4-5-9-13-16)14-10-6-2-3-7-11-14/h14H,2-13H2,1H3. The zero-order valence-corrected chi connectivity index (χ0v) is 11.9. The molecule has 2 aliphatic carbocycles. The van der Waals surface area contributed by atoms with E-state index in [1.807, 2.05) is 0 Å². The second kappa shape index (κ2) is 6.58. The molecule has 0 bridgehead atoms. The summed E-state index contributed by atoms with van der Waals surface area (Å²) >= 11 is 0. The van der Waals surface area contributed by atoms with Crippen LogP contribution in [0.25, 0.3) is 0 Å². The highest BCUT2D eigenvalue weighted by Gasteiger charge is 2.45. The lowest BCUT2D eigenvalue weighted by Crippen LogP contribution is -2.39. The van der Waals surface area contributed by atoms with Gasteiger partial charge in [-0.3, -0.25) is 4.79 Å². The fourth-order valence-electron chi connectivity index (χ4n) is 4.17. The number of carbonyl (C=O) groups excluding carboxylic acids is 1. The fourth-order valence-corrected chi connectivity index (χ4v) is 4.17. The molecule has 0 radical (unpaired) electrons. The van der Waals surface area contributed by atoms with Crippen molar-refractivity contribution in [3.63, 3.8) is 0 Å². The minimum atomic E-state index is -0.129. The molecular formula is C16H28O2. The molecule has 2 fully saturated rings. The number of hydrogen-bond donors (Lipinski definition) is 0. The van der Waals surface area contributed by atoms with Crippen LogP contribution in [0, 0.1) is 11.3 Å². The van der Waals surface area contributed by atoms with Crippen molar-refractivity contribution in [3.8, 4) is 0 Å². The summed E-state index contributed by atoms with van der Waals surface area (Å²) in [6.45, 7) is 0. The van der Waals surface area contributed by atoms with Gasteiger partial charge in [-0.1, -0.05) is 51.4 Å². The minimum Gasteiger partial charge on any atom is -0.469 e. The van der Waals surface area contributed by atoms with E-state index in [9.17, 15) is 4.79 Å². The van der Waals surface area contributed by atoms with E-state index < -0.39 is 0 Å². The van der Waals surface area contributed by atoms with Crippen LogP contribution in [0.1, 0.15) is 77.0 Å². The lowest BCUT2D eigenvalue weighted by atomic mass is 9.67. The van der Waals surface area contributed by atoms with Crippen molar-refractivity contribution < 1.29 is 9.53 Å². The second-order valence-corrected chi connectivity index (χ2v) is 6.25. The summed E-state index contributed by atoms with van der Waals surface area (Å²) in [4.78, 5) is 12.4. The van der Waals surface area contributed by atoms with Gasteiger partial charge in [0.2, 0.25) is 0 Å². The zero-order valence-electron chi connectivity index (χ0n) is 11.9. The van der Waals surface area contributed by atoms with Crippen LogP contribution >= 0.6 is 0 Å². The predicted molar refractivity (Wildman–Crippen MR) is 73.3 cm³/mol. The highest BCUT2D eigenvalue weighted by Crippen LogP contribution is 2.47. The highest BCUT2D eigenvalue weighted by molar-refractivity contribution is 5.77. The molecule has 2 heteroatoms. The van der Waals surface area contributed by atoms with Crippen molar-refractivity contribution >= 4 is 5.97 Å². The average molecular weight is 252 g/mol. The first-order valence-electron chi connectivity index (χ1n) is 7.88. The van der Waals surface area contributed by atoms with Crippen LogP contribution < -0.4 is 0 Å². The third-order valence-corrected chi connectivity index (χ3v) is 5.22. The van der Waals surface area contributed by atoms with Gasteiger partial charge in [0.15, 0.2) is 0 Å². The highest BCUT2D eigenvalue weighted by atomic mass is 16.5. The van der Waals surface area contributed by atoms with Gasteiger partial charge in [0.1, 0.15) is 0 Å². The topological polar surface area (TPSA) is 26.3 Å². The third-order valence-electron chi connectivity index (χ3n) is 5.22. The molecule has 2 saturated carbocycles. The molecular weight excluding hydrogens is 224 g/mol. The van der Waals surface area contributed by atoms with E-state index in [0.29, 0.717) is 5.92 Å². The minimum absolute atomic E-state index is 0.0938. The lowest BCUT2D eigenvalue weighted by molar-refractivity contribution is -0.158. The molecule has 0 atom stereocenters. The van der Waals surface area contributed by atoms with Crippen molar-refractivity contribution in [2.45, 2.75) is 77.0 Å². The number of esters is 1. The maximum absolute atomic E-state index is 12.4. The Morgan fingerprint density at radius 2 is 1.39 bits per heavy atom. The molecule has 0 aliphatic heterocycles. The van der Waals surface area contributed by atoms with Gasteiger partial charge in [0.05, 0.1) is 12.5 Å². The normalized spacial score (nSPS) is 26.1. The monoisotopic (exact) mass is 252 g/mol. The predicted octanol–water partition coefficient (Wildman–Crippen LogP) is 4.47. The molecule has 0 N–H and O–H groups in total. The molecule has 2 rings (SSSR count). The SMILES string of the molecule is COC(=O)C1(C2CCCCCC2)CCCCCC1. The molecule has 2 aliphatic rings. The molecule has 0 heterocycles. The van der Waals surface area contributed by atoms with Crippen molar-refractivity contribution in [3.05, 3.63) is 0 Å². The van der Waals surface area contributed by atoms with E-state index in [-0.39, 0.29) is 11.4 Å². The zero-order chi connectivity index (χ0) is 12.8. The number of ether oxygens (including phenoxy) is 1. The summed E-state index contributed by atoms with van der Waals surface area (Å²) in [5, 5.41) is 0. The quantitative estimate of drug-likeness (QED) is 0.535. The van der Waals surface area contributed by atoms with E-state index in [4.69, 9.17) is 4.74 Å². The van der Waals surface area contributed by atoms with Gasteiger partial charge in [0, 0.05) is 0 Å². The van der Waals surface area contributed by atoms with Gasteiger partial charge in [-0.2, -0.15) is 0 Å². The molecule has 0 aromatic carbocycles. The van der Waals surface area contributed by atoms with Crippen LogP contribution in [0.2, 0.25) is 0 Å². The van der Waals surface area contributed by atoms with Gasteiger partial charge in [-0.05, 0) is 31.6 Å². The van der Waals surface area contributed by atoms with Crippen LogP contribution in [0.3, 0.4) is 0 Å². The largest absolute Gasteiger partial charge is 0.469 e. The smallest absolute Gasteiger partial charge is 0.312 e. The Labute approximate surface area is 111 Å². The molecule has 0 aromatic heterocycles. The van der Waals surface area contributed by atoms with E-state index >= 15 is 0 Å². The molecule has 0 amide bonds. The maximum atomic E-state index is 12.4. The van der Waals surface area contributed by atoms with Gasteiger partial charge in [-0.25, -0.2) is 0 Å². The molecule has 2 nitrogen and oxygen atoms in total. The Balaban J connectivity index is 2.18. The van der Waals surface area contributed by atoms with Crippen LogP contribution in [-0.2, 0) is 9.53 Å². The maximum Gasteiger partial charge on any atom is 0.312 e. The van der Waals surface area contributed by atoms with Crippen molar-refractivity contribution in [2.24, 2.45) is 11.3 Å². The molecule has 18 heavy (non-hydrogen) atoms. The van der Waals surface area contributed by atoms with E-state index in [1.165, 1.54) is 64.2 Å². The Kier molecular flexibility index (Phi) is 5.08. The first-order chi connectivity index (χ1) is 8.79. The van der Waals surface area contributed by atoms with Crippen LogP contribution in [0.15, 0.2) is 0 Å². The van der Waals surface area contributed by atoms with Crippen LogP contribution in [0.4, 0.5) is 0 Å². The molecule has 104 valence electrons. The molecule has 0 unspecified atom stereocenters. The molecule has 0 spiro atoms. The van der Waals surface area contributed by atoms with Gasteiger partial charge < -0.3 is 4.74 Å². The Hall–Kier alpha value is -0.530. The first-order valence-corrected chi connectivity index (χ1v) is 7.88. The Morgan fingerprint density at radius 1 is 0.889 bits per heavy atom. The lowest BCUT2D eigenvalue weighted by Gasteiger charge is -2.37. The van der Waals surface area contributed by atoms with Crippen molar-refractivity contribution in [1.82, 2.24) is 0 Å². The summed E-state index contributed by atoms with van der Waals surface area (Å²) in [5.74, 6) is 0.682. The van der Waals surface area contributed by atoms with Crippen molar-refractivity contribution in [2.75, 3.05) is 7.11 Å². The van der Waals surface area contributed by atoms with E-state index in [2.05, 4.69) is 0 Å². The molecule has 0 aromatic rings. The second-order valence-electron chi connectivity index (χ2n) is 6.25. The average Bonchev–Trinajstić information content (AvgIpc) is 2.80. The van der Waals surface area contributed by atoms with E-state index in [0.717, 1.165) is 12.8 Å². The summed E-state index contributed by atoms with van der Waals surface area (Å²) in [7, 11) is 1.58. The number of carbonyl (C=O) groups is 1. The van der Waals surface area contributed by atoms with Crippen LogP contribution in [0.5, 0.6) is 0 Å². The summed E-state index contributed by atoms with van der Waals surface area (Å²) in [6, 6.07) is 0. The fraction of sp³-hybridized carbons (Fsp3) is 0.938. The Morgan fingerprint density at radius 3 is 1.89 bits per heavy atom. The summed E-state index contributed by atoms with van der Waals surface area (Å²) in [6.07, 6.45) is 15.0. The number of methoxy groups -OCH3 is 1. The Bertz CT molecular complexity index is 256. The summed E-state index contributed by atoms with van der Waals surface area (Å²) < 4.78 is 5.20. The summed E-state index contributed by atoms with van der Waals surface area (Å²) in [5.41, 5.74) is -0.129. The first kappa shape index (κ1) is 13.9. The van der Waals surface area contributed by atoms with Crippen molar-refractivity contribution in [1.29, 1.82) is 0 Å². The molecule has 0 saturated heterocycles. The van der Waals surface area contributed by atoms with Gasteiger partial charge in [0.25, 0.3) is 0 Å². The number of hydrogen-bond acceptors (Lipinski definition) is 2. The van der Waals surface area contributed by atoms with Gasteiger partial charge in [-0.15, -0.1) is 0 Å².